The summed E-state index contributed by atoms with van der Waals surface area (Å²) in [5, 5.41) is 11.1. The van der Waals surface area contributed by atoms with Crippen LogP contribution in [0.5, 0.6) is 5.75 Å². The van der Waals surface area contributed by atoms with Crippen molar-refractivity contribution in [3.05, 3.63) is 75.7 Å². The summed E-state index contributed by atoms with van der Waals surface area (Å²) in [6, 6.07) is 15.4. The summed E-state index contributed by atoms with van der Waals surface area (Å²) in [5.74, 6) is 1.75. The molecule has 1 heterocycles. The van der Waals surface area contributed by atoms with E-state index in [9.17, 15) is 9.59 Å². The Morgan fingerprint density at radius 3 is 2.66 bits per heavy atom. The molecule has 32 heavy (non-hydrogen) atoms. The van der Waals surface area contributed by atoms with Crippen LogP contribution in [-0.4, -0.2) is 27.7 Å². The third-order valence-corrected chi connectivity index (χ3v) is 5.76. The number of benzene rings is 2. The second-order valence-electron chi connectivity index (χ2n) is 8.35. The highest BCUT2D eigenvalue weighted by Gasteiger charge is 2.18. The number of rotatable bonds is 9. The van der Waals surface area contributed by atoms with E-state index in [0.717, 1.165) is 29.0 Å². The summed E-state index contributed by atoms with van der Waals surface area (Å²) in [4.78, 5) is 27.3. The Labute approximate surface area is 187 Å². The van der Waals surface area contributed by atoms with E-state index in [-0.39, 0.29) is 30.0 Å². The molecule has 7 nitrogen and oxygen atoms in total. The number of aromatic amines is 1. The van der Waals surface area contributed by atoms with Gasteiger partial charge in [-0.05, 0) is 55.5 Å². The molecule has 1 aliphatic rings. The lowest BCUT2D eigenvalue weighted by Crippen LogP contribution is -2.25. The number of carbonyl (C=O) groups is 1. The number of nitrogens with one attached hydrogen (secondary N) is 2. The van der Waals surface area contributed by atoms with E-state index < -0.39 is 0 Å². The van der Waals surface area contributed by atoms with Crippen molar-refractivity contribution in [1.29, 1.82) is 0 Å². The van der Waals surface area contributed by atoms with Crippen LogP contribution in [0.25, 0.3) is 11.4 Å². The number of hydrogen-bond donors (Lipinski definition) is 2. The van der Waals surface area contributed by atoms with E-state index in [1.54, 1.807) is 0 Å². The number of aromatic nitrogens is 3. The van der Waals surface area contributed by atoms with Gasteiger partial charge in [-0.15, -0.1) is 10.2 Å². The van der Waals surface area contributed by atoms with E-state index in [1.807, 2.05) is 55.5 Å². The van der Waals surface area contributed by atoms with Crippen molar-refractivity contribution in [3.8, 4) is 17.1 Å². The van der Waals surface area contributed by atoms with Crippen molar-refractivity contribution in [2.45, 2.75) is 45.6 Å². The summed E-state index contributed by atoms with van der Waals surface area (Å²) < 4.78 is 5.81. The topological polar surface area (TPSA) is 97.0 Å². The molecule has 1 amide bonds. The van der Waals surface area contributed by atoms with Gasteiger partial charge in [0.15, 0.2) is 5.82 Å². The number of nitrogens with zero attached hydrogens (tertiary/aromatic N) is 2. The fourth-order valence-corrected chi connectivity index (χ4v) is 3.58. The van der Waals surface area contributed by atoms with Crippen LogP contribution in [0.4, 0.5) is 0 Å². The van der Waals surface area contributed by atoms with E-state index in [2.05, 4.69) is 20.5 Å². The van der Waals surface area contributed by atoms with Crippen molar-refractivity contribution in [2.75, 3.05) is 6.61 Å². The van der Waals surface area contributed by atoms with Gasteiger partial charge >= 0.3 is 0 Å². The van der Waals surface area contributed by atoms with Crippen LogP contribution in [0.1, 0.15) is 42.5 Å². The molecule has 166 valence electrons. The third-order valence-electron chi connectivity index (χ3n) is 5.76. The van der Waals surface area contributed by atoms with Crippen LogP contribution in [0.2, 0.25) is 0 Å². The highest BCUT2D eigenvalue weighted by atomic mass is 16.5. The molecule has 1 fully saturated rings. The first-order chi connectivity index (χ1) is 15.6. The van der Waals surface area contributed by atoms with Gasteiger partial charge in [-0.1, -0.05) is 36.2 Å². The third kappa shape index (κ3) is 5.81. The lowest BCUT2D eigenvalue weighted by molar-refractivity contribution is -0.121. The Morgan fingerprint density at radius 1 is 1.16 bits per heavy atom. The average molecular weight is 433 g/mol. The Hall–Kier alpha value is -3.48. The average Bonchev–Trinajstić information content (AvgIpc) is 2.76. The first-order valence-electron chi connectivity index (χ1n) is 11.1. The fraction of sp³-hybridized carbons (Fsp3) is 0.360. The van der Waals surface area contributed by atoms with Gasteiger partial charge < -0.3 is 15.0 Å². The normalized spacial score (nSPS) is 13.4. The lowest BCUT2D eigenvalue weighted by Gasteiger charge is -2.25. The number of aryl methyl sites for hydroxylation is 2. The molecule has 2 aromatic carbocycles. The molecule has 1 aliphatic carbocycles. The van der Waals surface area contributed by atoms with Gasteiger partial charge in [0, 0.05) is 24.9 Å². The zero-order valence-corrected chi connectivity index (χ0v) is 18.3. The SMILES string of the molecule is Cc1cccc(CNC(=O)CCc2nnc(-c3ccc(OCC4CCC4)cc3)[nH]c2=O)c1. The summed E-state index contributed by atoms with van der Waals surface area (Å²) in [6.07, 6.45) is 4.20. The van der Waals surface area contributed by atoms with Gasteiger partial charge in [0.25, 0.3) is 5.56 Å². The van der Waals surface area contributed by atoms with E-state index in [4.69, 9.17) is 4.74 Å². The number of ether oxygens (including phenoxy) is 1. The molecule has 0 radical (unpaired) electrons. The summed E-state index contributed by atoms with van der Waals surface area (Å²) in [5.41, 5.74) is 2.87. The second-order valence-corrected chi connectivity index (χ2v) is 8.35. The van der Waals surface area contributed by atoms with Gasteiger partial charge in [0.05, 0.1) is 6.61 Å². The molecule has 3 aromatic rings. The minimum Gasteiger partial charge on any atom is -0.493 e. The van der Waals surface area contributed by atoms with Crippen molar-refractivity contribution in [3.63, 3.8) is 0 Å². The maximum absolute atomic E-state index is 12.4. The minimum atomic E-state index is -0.327. The van der Waals surface area contributed by atoms with Crippen LogP contribution in [0.15, 0.2) is 53.3 Å². The molecule has 1 aromatic heterocycles. The standard InChI is InChI=1S/C25H28N4O3/c1-17-4-2-7-19(14-17)15-26-23(30)13-12-22-25(31)27-24(29-28-22)20-8-10-21(11-9-20)32-16-18-5-3-6-18/h2,4,7-11,14,18H,3,5-6,12-13,15-16H2,1H3,(H,26,30)(H,27,29,31). The molecule has 4 rings (SSSR count). The minimum absolute atomic E-state index is 0.130. The van der Waals surface area contributed by atoms with Crippen LogP contribution in [0, 0.1) is 12.8 Å². The molecular weight excluding hydrogens is 404 g/mol. The summed E-state index contributed by atoms with van der Waals surface area (Å²) in [6.45, 7) is 3.23. The first kappa shape index (κ1) is 21.7. The van der Waals surface area contributed by atoms with Gasteiger partial charge in [-0.25, -0.2) is 0 Å². The molecule has 0 unspecified atom stereocenters. The lowest BCUT2D eigenvalue weighted by atomic mass is 9.86. The fourth-order valence-electron chi connectivity index (χ4n) is 3.58. The zero-order valence-electron chi connectivity index (χ0n) is 18.3. The van der Waals surface area contributed by atoms with Gasteiger partial charge in [0.1, 0.15) is 11.4 Å². The van der Waals surface area contributed by atoms with E-state index in [1.165, 1.54) is 19.3 Å². The largest absolute Gasteiger partial charge is 0.493 e. The van der Waals surface area contributed by atoms with E-state index in [0.29, 0.717) is 18.3 Å². The molecule has 0 bridgehead atoms. The van der Waals surface area contributed by atoms with Gasteiger partial charge in [-0.3, -0.25) is 9.59 Å². The Balaban J connectivity index is 1.28. The van der Waals surface area contributed by atoms with Gasteiger partial charge in [0.2, 0.25) is 5.91 Å². The molecule has 0 aliphatic heterocycles. The smallest absolute Gasteiger partial charge is 0.273 e. The highest BCUT2D eigenvalue weighted by Crippen LogP contribution is 2.27. The quantitative estimate of drug-likeness (QED) is 0.539. The molecule has 0 spiro atoms. The Bertz CT molecular complexity index is 1120. The number of amides is 1. The maximum Gasteiger partial charge on any atom is 0.273 e. The Kier molecular flexibility index (Phi) is 6.94. The first-order valence-corrected chi connectivity index (χ1v) is 11.1. The molecule has 1 saturated carbocycles. The number of carbonyl (C=O) groups excluding carboxylic acids is 1. The van der Waals surface area contributed by atoms with Crippen LogP contribution >= 0.6 is 0 Å². The molecule has 0 atom stereocenters. The van der Waals surface area contributed by atoms with Crippen molar-refractivity contribution >= 4 is 5.91 Å². The predicted molar refractivity (Wildman–Crippen MR) is 122 cm³/mol. The van der Waals surface area contributed by atoms with Crippen molar-refractivity contribution in [1.82, 2.24) is 20.5 Å². The predicted octanol–water partition coefficient (Wildman–Crippen LogP) is 3.57. The Morgan fingerprint density at radius 2 is 1.97 bits per heavy atom. The molecule has 2 N–H and O–H groups in total. The molecule has 7 heteroatoms. The van der Waals surface area contributed by atoms with E-state index >= 15 is 0 Å². The maximum atomic E-state index is 12.4. The number of H-pyrrole nitrogens is 1. The highest BCUT2D eigenvalue weighted by molar-refractivity contribution is 5.76. The van der Waals surface area contributed by atoms with Crippen LogP contribution in [0.3, 0.4) is 0 Å². The van der Waals surface area contributed by atoms with Crippen LogP contribution in [-0.2, 0) is 17.8 Å². The van der Waals surface area contributed by atoms with Crippen molar-refractivity contribution in [2.24, 2.45) is 5.92 Å². The van der Waals surface area contributed by atoms with Crippen LogP contribution < -0.4 is 15.6 Å². The molecule has 0 saturated heterocycles. The van der Waals surface area contributed by atoms with Gasteiger partial charge in [-0.2, -0.15) is 0 Å². The second kappa shape index (κ2) is 10.2. The monoisotopic (exact) mass is 432 g/mol. The summed E-state index contributed by atoms with van der Waals surface area (Å²) >= 11 is 0. The summed E-state index contributed by atoms with van der Waals surface area (Å²) in [7, 11) is 0. The van der Waals surface area contributed by atoms with Crippen molar-refractivity contribution < 1.29 is 9.53 Å². The zero-order chi connectivity index (χ0) is 22.3. The number of hydrogen-bond acceptors (Lipinski definition) is 5. The molecular formula is C25H28N4O3.